The Balaban J connectivity index is 0.718. The van der Waals surface area contributed by atoms with E-state index in [0.29, 0.717) is 42.3 Å². The van der Waals surface area contributed by atoms with Crippen molar-refractivity contribution in [3.63, 3.8) is 0 Å². The Morgan fingerprint density at radius 3 is 2.29 bits per heavy atom. The Hall–Kier alpha value is -6.56. The van der Waals surface area contributed by atoms with E-state index >= 15 is 0 Å². The number of nitrogens with one attached hydrogen (secondary N) is 2. The third kappa shape index (κ3) is 9.35. The van der Waals surface area contributed by atoms with Gasteiger partial charge >= 0.3 is 6.03 Å². The fourth-order valence-electron chi connectivity index (χ4n) is 9.56. The smallest absolute Gasteiger partial charge is 0.328 e. The third-order valence-electron chi connectivity index (χ3n) is 13.5. The number of phenols is 1. The molecule has 5 amide bonds. The second-order valence-electron chi connectivity index (χ2n) is 17.7. The summed E-state index contributed by atoms with van der Waals surface area (Å²) in [7, 11) is 0. The number of hydrogen-bond donors (Lipinski definition) is 3. The molecule has 1 aliphatic carbocycles. The van der Waals surface area contributed by atoms with Gasteiger partial charge < -0.3 is 20.2 Å². The van der Waals surface area contributed by atoms with Crippen molar-refractivity contribution in [1.29, 1.82) is 0 Å². The van der Waals surface area contributed by atoms with Crippen LogP contribution < -0.4 is 20.4 Å². The highest BCUT2D eigenvalue weighted by Gasteiger charge is 2.30. The number of imide groups is 1. The molecule has 0 unspecified atom stereocenters. The molecule has 1 saturated carbocycles. The van der Waals surface area contributed by atoms with E-state index in [1.807, 2.05) is 59.4 Å². The number of carbonyl (C=O) groups excluding carboxylic acids is 4. The lowest BCUT2D eigenvalue weighted by Crippen LogP contribution is -2.51. The fraction of sp³-hybridized carbons (Fsp3) is 0.426. The van der Waals surface area contributed by atoms with E-state index in [1.54, 1.807) is 12.1 Å². The number of benzene rings is 3. The minimum atomic E-state index is -1.79. The molecule has 9 rings (SSSR count). The summed E-state index contributed by atoms with van der Waals surface area (Å²) < 4.78 is 43.6. The van der Waals surface area contributed by atoms with Crippen LogP contribution in [0.2, 0.25) is 0 Å². The molecule has 0 radical (unpaired) electrons. The van der Waals surface area contributed by atoms with E-state index in [0.717, 1.165) is 98.8 Å². The van der Waals surface area contributed by atoms with E-state index in [1.165, 1.54) is 4.90 Å². The highest BCUT2D eigenvalue weighted by atomic mass is 19.2. The lowest BCUT2D eigenvalue weighted by molar-refractivity contribution is -0.120. The minimum absolute atomic E-state index is 0.0534. The third-order valence-corrected chi connectivity index (χ3v) is 13.5. The van der Waals surface area contributed by atoms with Gasteiger partial charge in [0.15, 0.2) is 17.4 Å². The standard InChI is InChI=1S/C47H51F3N10O5/c1-28-2-5-32(21-39(28)59-15-12-40(61)54-47(59)65)45(64)57-18-16-56(17-19-57)26-30-10-13-58(14-11-30)46-52-24-34(25-53-46)31-6-7-33-27-60(55-38(33)20-31)35-8-3-29(4-9-35)23-51-44(63)36-22-37(48)43(62)42(50)41(36)49/h2,5-7,20-22,24-25,27,29-30,35,62H,3-4,8-19,23,26H2,1H3,(H,51,63)(H,54,61,65)/t29-,35-. The maximum atomic E-state index is 14.2. The molecule has 4 aliphatic rings. The molecule has 2 aromatic heterocycles. The Morgan fingerprint density at radius 2 is 1.57 bits per heavy atom. The second kappa shape index (κ2) is 18.5. The topological polar surface area (TPSA) is 169 Å². The molecule has 340 valence electrons. The van der Waals surface area contributed by atoms with Crippen LogP contribution >= 0.6 is 0 Å². The van der Waals surface area contributed by atoms with Gasteiger partial charge in [0.1, 0.15) is 0 Å². The SMILES string of the molecule is Cc1ccc(C(=O)N2CCN(CC3CCN(c4ncc(-c5ccc6cn([C@H]7CC[C@H](CNC(=O)c8cc(F)c(O)c(F)c8F)CC7)nc6c5)cn4)CC3)CC2)cc1N1CCC(=O)NC1=O. The molecule has 0 atom stereocenters. The first-order chi connectivity index (χ1) is 31.4. The number of carbonyl (C=O) groups is 4. The summed E-state index contributed by atoms with van der Waals surface area (Å²) in [6, 6.07) is 11.8. The summed E-state index contributed by atoms with van der Waals surface area (Å²) in [5.41, 5.74) is 3.98. The highest BCUT2D eigenvalue weighted by molar-refractivity contribution is 6.06. The van der Waals surface area contributed by atoms with E-state index in [2.05, 4.69) is 20.4 Å². The number of halogens is 3. The van der Waals surface area contributed by atoms with Crippen molar-refractivity contribution in [3.05, 3.63) is 95.2 Å². The van der Waals surface area contributed by atoms with Crippen LogP contribution in [0.1, 0.15) is 77.3 Å². The number of urea groups is 1. The van der Waals surface area contributed by atoms with Gasteiger partial charge in [0.25, 0.3) is 11.8 Å². The average molecular weight is 893 g/mol. The van der Waals surface area contributed by atoms with Gasteiger partial charge in [-0.25, -0.2) is 23.5 Å². The predicted molar refractivity (Wildman–Crippen MR) is 236 cm³/mol. The van der Waals surface area contributed by atoms with Crippen LogP contribution in [-0.4, -0.2) is 117 Å². The van der Waals surface area contributed by atoms with Crippen LogP contribution in [0.5, 0.6) is 5.75 Å². The summed E-state index contributed by atoms with van der Waals surface area (Å²) in [6.07, 6.45) is 11.2. The number of anilines is 2. The van der Waals surface area contributed by atoms with Crippen LogP contribution in [0.25, 0.3) is 22.0 Å². The molecule has 3 aliphatic heterocycles. The maximum Gasteiger partial charge on any atom is 0.328 e. The number of rotatable bonds is 10. The van der Waals surface area contributed by atoms with Crippen LogP contribution in [0, 0.1) is 36.2 Å². The van der Waals surface area contributed by atoms with Crippen molar-refractivity contribution in [1.82, 2.24) is 40.2 Å². The summed E-state index contributed by atoms with van der Waals surface area (Å²) >= 11 is 0. The van der Waals surface area contributed by atoms with Gasteiger partial charge in [-0.1, -0.05) is 18.2 Å². The zero-order valence-electron chi connectivity index (χ0n) is 36.1. The molecule has 0 spiro atoms. The van der Waals surface area contributed by atoms with Crippen LogP contribution in [0.15, 0.2) is 61.1 Å². The second-order valence-corrected chi connectivity index (χ2v) is 17.7. The lowest BCUT2D eigenvalue weighted by atomic mass is 9.86. The van der Waals surface area contributed by atoms with Gasteiger partial charge in [-0.05, 0) is 92.7 Å². The number of hydrogen-bond acceptors (Lipinski definition) is 10. The number of fused-ring (bicyclic) bond motifs is 1. The number of aromatic hydroxyl groups is 1. The van der Waals surface area contributed by atoms with Crippen molar-refractivity contribution >= 4 is 46.3 Å². The number of nitrogens with zero attached hydrogens (tertiary/aromatic N) is 8. The average Bonchev–Trinajstić information content (AvgIpc) is 3.76. The molecule has 5 aromatic rings. The zero-order chi connectivity index (χ0) is 45.4. The van der Waals surface area contributed by atoms with Gasteiger partial charge in [-0.15, -0.1) is 0 Å². The van der Waals surface area contributed by atoms with Crippen LogP contribution in [0.3, 0.4) is 0 Å². The highest BCUT2D eigenvalue weighted by Crippen LogP contribution is 2.34. The first-order valence-electron chi connectivity index (χ1n) is 22.3. The number of amides is 5. The van der Waals surface area contributed by atoms with Gasteiger partial charge in [0.2, 0.25) is 17.7 Å². The molecule has 5 heterocycles. The van der Waals surface area contributed by atoms with Gasteiger partial charge in [0.05, 0.1) is 17.1 Å². The quantitative estimate of drug-likeness (QED) is 0.137. The minimum Gasteiger partial charge on any atom is -0.503 e. The molecular formula is C47H51F3N10O5. The van der Waals surface area contributed by atoms with Crippen LogP contribution in [0.4, 0.5) is 29.6 Å². The number of phenolic OH excluding ortho intramolecular Hbond substituents is 1. The normalized spacial score (nSPS) is 20.0. The first kappa shape index (κ1) is 43.7. The summed E-state index contributed by atoms with van der Waals surface area (Å²) in [6.45, 7) is 7.98. The zero-order valence-corrected chi connectivity index (χ0v) is 36.1. The molecule has 3 aromatic carbocycles. The maximum absolute atomic E-state index is 14.2. The Bertz CT molecular complexity index is 2620. The molecule has 18 heteroatoms. The van der Waals surface area contributed by atoms with Crippen molar-refractivity contribution in [2.45, 2.75) is 57.9 Å². The van der Waals surface area contributed by atoms with Gasteiger partial charge in [-0.3, -0.25) is 34.2 Å². The predicted octanol–water partition coefficient (Wildman–Crippen LogP) is 6.21. The fourth-order valence-corrected chi connectivity index (χ4v) is 9.56. The van der Waals surface area contributed by atoms with Crippen molar-refractivity contribution in [2.75, 3.05) is 68.7 Å². The van der Waals surface area contributed by atoms with E-state index in [9.17, 15) is 37.5 Å². The Morgan fingerprint density at radius 1 is 0.831 bits per heavy atom. The van der Waals surface area contributed by atoms with E-state index < -0.39 is 40.7 Å². The van der Waals surface area contributed by atoms with Gasteiger partial charge in [0, 0.05) is 106 Å². The number of piperidine rings is 1. The summed E-state index contributed by atoms with van der Waals surface area (Å²) in [5.74, 6) is -6.14. The molecule has 0 bridgehead atoms. The molecule has 15 nitrogen and oxygen atoms in total. The van der Waals surface area contributed by atoms with Crippen molar-refractivity contribution < 1.29 is 37.5 Å². The van der Waals surface area contributed by atoms with Gasteiger partial charge in [-0.2, -0.15) is 9.49 Å². The van der Waals surface area contributed by atoms with Crippen LogP contribution in [-0.2, 0) is 4.79 Å². The molecule has 65 heavy (non-hydrogen) atoms. The Labute approximate surface area is 373 Å². The van der Waals surface area contributed by atoms with Crippen molar-refractivity contribution in [2.24, 2.45) is 11.8 Å². The van der Waals surface area contributed by atoms with E-state index in [-0.39, 0.29) is 43.3 Å². The first-order valence-corrected chi connectivity index (χ1v) is 22.3. The van der Waals surface area contributed by atoms with E-state index in [4.69, 9.17) is 15.1 Å². The summed E-state index contributed by atoms with van der Waals surface area (Å²) in [4.78, 5) is 67.8. The lowest BCUT2D eigenvalue weighted by Gasteiger charge is -2.39. The molecule has 3 saturated heterocycles. The number of piperazine rings is 1. The largest absolute Gasteiger partial charge is 0.503 e. The number of aryl methyl sites for hydroxylation is 1. The molecule has 3 N–H and O–H groups in total. The van der Waals surface area contributed by atoms with Crippen molar-refractivity contribution in [3.8, 4) is 16.9 Å². The monoisotopic (exact) mass is 892 g/mol. The molecule has 4 fully saturated rings. The molecular weight excluding hydrogens is 842 g/mol. The summed E-state index contributed by atoms with van der Waals surface area (Å²) in [5, 5.41) is 20.1. The number of aromatic nitrogens is 4. The Kier molecular flexibility index (Phi) is 12.4.